The number of rotatable bonds is 6. The fraction of sp³-hybridized carbons (Fsp3) is 0.0385. The molecule has 1 atom stereocenters. The van der Waals surface area contributed by atoms with Gasteiger partial charge >= 0.3 is 0 Å². The van der Waals surface area contributed by atoms with Crippen molar-refractivity contribution >= 4 is 75.5 Å². The third-order valence-electron chi connectivity index (χ3n) is 10.9. The molecule has 266 valence electrons. The molecule has 10 rings (SSSR count). The minimum absolute atomic E-state index is 0.119. The van der Waals surface area contributed by atoms with Crippen molar-refractivity contribution in [2.75, 3.05) is 0 Å². The van der Waals surface area contributed by atoms with Gasteiger partial charge in [0.15, 0.2) is 5.84 Å². The highest BCUT2D eigenvalue weighted by atomic mass is 32.1. The van der Waals surface area contributed by atoms with Gasteiger partial charge in [0, 0.05) is 31.3 Å². The molecule has 0 aliphatic rings. The van der Waals surface area contributed by atoms with Crippen molar-refractivity contribution in [1.29, 1.82) is 0 Å². The van der Waals surface area contributed by atoms with Crippen LogP contribution >= 0.6 is 11.3 Å². The lowest BCUT2D eigenvalue weighted by molar-refractivity contribution is 0.818. The topological polar surface area (TPSA) is 50.7 Å². The monoisotopic (exact) mass is 735 g/mol. The zero-order valence-electron chi connectivity index (χ0n) is 30.9. The van der Waals surface area contributed by atoms with Gasteiger partial charge in [-0.05, 0) is 91.3 Å². The summed E-state index contributed by atoms with van der Waals surface area (Å²) in [6.45, 7) is 2.10. The number of nitrogens with zero attached hydrogens (tertiary/aromatic N) is 2. The Bertz CT molecular complexity index is 3120. The smallest absolute Gasteiger partial charge is 0.157 e. The molecule has 0 radical (unpaired) electrons. The molecule has 0 bridgehead atoms. The Hall–Kier alpha value is -6.88. The van der Waals surface area contributed by atoms with Crippen molar-refractivity contribution in [2.45, 2.75) is 13.0 Å². The van der Waals surface area contributed by atoms with E-state index in [4.69, 9.17) is 15.7 Å². The van der Waals surface area contributed by atoms with E-state index in [0.717, 1.165) is 33.2 Å². The number of nitrogens with two attached hydrogens (primary N) is 1. The Morgan fingerprint density at radius 2 is 1.02 bits per heavy atom. The molecular weight excluding hydrogens is 699 g/mol. The van der Waals surface area contributed by atoms with Crippen molar-refractivity contribution in [2.24, 2.45) is 15.7 Å². The molecule has 0 saturated heterocycles. The Kier molecular flexibility index (Phi) is 8.46. The Morgan fingerprint density at radius 3 is 1.73 bits per heavy atom. The average molecular weight is 736 g/mol. The van der Waals surface area contributed by atoms with Crippen molar-refractivity contribution in [3.05, 3.63) is 205 Å². The van der Waals surface area contributed by atoms with Gasteiger partial charge in [0.1, 0.15) is 5.84 Å². The zero-order valence-corrected chi connectivity index (χ0v) is 31.7. The number of benzene rings is 9. The first-order valence-corrected chi connectivity index (χ1v) is 19.8. The summed E-state index contributed by atoms with van der Waals surface area (Å²) < 4.78 is 2.38. The van der Waals surface area contributed by atoms with E-state index in [1.54, 1.807) is 11.3 Å². The molecule has 3 nitrogen and oxygen atoms in total. The standard InChI is InChI=1S/C52H37N3S/c1-33(34-14-4-2-5-15-34)54-52(39-19-12-18-36(30-39)35-16-6-3-7-17-35)55-51(53)46-24-13-25-48-50(46)45-29-27-38(32-49(45)56-48)37-26-28-44-42-22-9-8-20-40(42)41-21-10-11-23-43(41)47(44)31-37/h2-33H,1H3,(H2,53,54,55)/t33-/m1/s1. The van der Waals surface area contributed by atoms with E-state index >= 15 is 0 Å². The molecule has 4 heteroatoms. The fourth-order valence-electron chi connectivity index (χ4n) is 8.11. The number of amidine groups is 2. The first kappa shape index (κ1) is 33.7. The van der Waals surface area contributed by atoms with Gasteiger partial charge in [0.2, 0.25) is 0 Å². The molecular formula is C52H37N3S. The number of hydrogen-bond donors (Lipinski definition) is 1. The maximum Gasteiger partial charge on any atom is 0.157 e. The molecule has 0 unspecified atom stereocenters. The fourth-order valence-corrected chi connectivity index (χ4v) is 9.28. The lowest BCUT2D eigenvalue weighted by Gasteiger charge is -2.12. The normalized spacial score (nSPS) is 12.9. The lowest BCUT2D eigenvalue weighted by Crippen LogP contribution is -2.17. The van der Waals surface area contributed by atoms with Crippen LogP contribution in [-0.4, -0.2) is 11.7 Å². The molecule has 2 N–H and O–H groups in total. The lowest BCUT2D eigenvalue weighted by atomic mass is 9.92. The second-order valence-electron chi connectivity index (χ2n) is 14.3. The van der Waals surface area contributed by atoms with E-state index in [1.807, 2.05) is 24.3 Å². The molecule has 0 aliphatic carbocycles. The van der Waals surface area contributed by atoms with E-state index in [2.05, 4.69) is 171 Å². The predicted octanol–water partition coefficient (Wildman–Crippen LogP) is 13.8. The predicted molar refractivity (Wildman–Crippen MR) is 241 cm³/mol. The van der Waals surface area contributed by atoms with Gasteiger partial charge in [0.25, 0.3) is 0 Å². The van der Waals surface area contributed by atoms with E-state index in [1.165, 1.54) is 58.2 Å². The molecule has 10 aromatic rings. The van der Waals surface area contributed by atoms with Gasteiger partial charge in [-0.25, -0.2) is 4.99 Å². The van der Waals surface area contributed by atoms with Crippen molar-refractivity contribution < 1.29 is 0 Å². The second kappa shape index (κ2) is 14.1. The van der Waals surface area contributed by atoms with Gasteiger partial charge in [-0.15, -0.1) is 11.3 Å². The summed E-state index contributed by atoms with van der Waals surface area (Å²) >= 11 is 1.79. The number of thiophene rings is 1. The average Bonchev–Trinajstić information content (AvgIpc) is 3.65. The SMILES string of the molecule is C[C@@H](N=C(N=C(N)c1cccc2sc3cc(-c4ccc5c6ccccc6c6ccccc6c5c4)ccc3c12)c1cccc(-c2ccccc2)c1)c1ccccc1. The van der Waals surface area contributed by atoms with Crippen LogP contribution < -0.4 is 5.73 Å². The summed E-state index contributed by atoms with van der Waals surface area (Å²) in [6, 6.07) is 66.6. The van der Waals surface area contributed by atoms with E-state index < -0.39 is 0 Å². The first-order valence-electron chi connectivity index (χ1n) is 19.0. The Morgan fingerprint density at radius 1 is 0.464 bits per heavy atom. The second-order valence-corrected chi connectivity index (χ2v) is 15.4. The van der Waals surface area contributed by atoms with E-state index in [-0.39, 0.29) is 6.04 Å². The minimum Gasteiger partial charge on any atom is -0.383 e. The molecule has 0 aliphatic heterocycles. The van der Waals surface area contributed by atoms with Gasteiger partial charge in [0.05, 0.1) is 6.04 Å². The summed E-state index contributed by atoms with van der Waals surface area (Å²) in [4.78, 5) is 10.3. The molecule has 0 saturated carbocycles. The number of aliphatic imine (C=N–C) groups is 2. The van der Waals surface area contributed by atoms with Crippen LogP contribution in [0.25, 0.3) is 74.7 Å². The van der Waals surface area contributed by atoms with Crippen LogP contribution in [-0.2, 0) is 0 Å². The van der Waals surface area contributed by atoms with E-state index in [0.29, 0.717) is 11.7 Å². The zero-order chi connectivity index (χ0) is 37.6. The van der Waals surface area contributed by atoms with E-state index in [9.17, 15) is 0 Å². The van der Waals surface area contributed by atoms with Crippen LogP contribution in [0.5, 0.6) is 0 Å². The summed E-state index contributed by atoms with van der Waals surface area (Å²) in [6.07, 6.45) is 0. The third-order valence-corrected chi connectivity index (χ3v) is 12.0. The Balaban J connectivity index is 1.08. The summed E-state index contributed by atoms with van der Waals surface area (Å²) in [7, 11) is 0. The molecule has 0 spiro atoms. The highest BCUT2D eigenvalue weighted by Crippen LogP contribution is 2.41. The van der Waals surface area contributed by atoms with Crippen LogP contribution in [0.15, 0.2) is 198 Å². The van der Waals surface area contributed by atoms with Crippen LogP contribution in [0, 0.1) is 0 Å². The van der Waals surface area contributed by atoms with Gasteiger partial charge in [-0.2, -0.15) is 0 Å². The molecule has 1 aromatic heterocycles. The van der Waals surface area contributed by atoms with Gasteiger partial charge in [-0.1, -0.05) is 164 Å². The number of hydrogen-bond acceptors (Lipinski definition) is 2. The molecule has 0 fully saturated rings. The molecule has 56 heavy (non-hydrogen) atoms. The summed E-state index contributed by atoms with van der Waals surface area (Å²) in [5.41, 5.74) is 14.6. The molecule has 1 heterocycles. The van der Waals surface area contributed by atoms with Crippen LogP contribution in [0.1, 0.15) is 29.7 Å². The highest BCUT2D eigenvalue weighted by molar-refractivity contribution is 7.26. The van der Waals surface area contributed by atoms with Crippen LogP contribution in [0.2, 0.25) is 0 Å². The first-order chi connectivity index (χ1) is 27.6. The van der Waals surface area contributed by atoms with Gasteiger partial charge < -0.3 is 5.73 Å². The van der Waals surface area contributed by atoms with Crippen LogP contribution in [0.4, 0.5) is 0 Å². The van der Waals surface area contributed by atoms with Crippen molar-refractivity contribution in [3.8, 4) is 22.3 Å². The van der Waals surface area contributed by atoms with Gasteiger partial charge in [-0.3, -0.25) is 4.99 Å². The molecule has 9 aromatic carbocycles. The largest absolute Gasteiger partial charge is 0.383 e. The maximum absolute atomic E-state index is 7.05. The maximum atomic E-state index is 7.05. The summed E-state index contributed by atoms with van der Waals surface area (Å²) in [5, 5.41) is 9.96. The van der Waals surface area contributed by atoms with Crippen LogP contribution in [0.3, 0.4) is 0 Å². The third kappa shape index (κ3) is 6.01. The highest BCUT2D eigenvalue weighted by Gasteiger charge is 2.16. The number of fused-ring (bicyclic) bond motifs is 9. The van der Waals surface area contributed by atoms with Crippen molar-refractivity contribution in [3.63, 3.8) is 0 Å². The quantitative estimate of drug-likeness (QED) is 0.103. The minimum atomic E-state index is -0.119. The van der Waals surface area contributed by atoms with Crippen molar-refractivity contribution in [1.82, 2.24) is 0 Å². The molecule has 0 amide bonds. The summed E-state index contributed by atoms with van der Waals surface area (Å²) in [5.74, 6) is 1.05. The Labute approximate surface area is 329 Å².